The van der Waals surface area contributed by atoms with Crippen molar-refractivity contribution in [2.75, 3.05) is 11.9 Å². The molecule has 184 valence electrons. The number of thioether (sulfide) groups is 1. The molecule has 3 aromatic rings. The molecule has 0 spiro atoms. The average molecular weight is 545 g/mol. The van der Waals surface area contributed by atoms with Crippen molar-refractivity contribution in [3.05, 3.63) is 98.1 Å². The molecule has 0 unspecified atom stereocenters. The van der Waals surface area contributed by atoms with Gasteiger partial charge >= 0.3 is 0 Å². The van der Waals surface area contributed by atoms with E-state index in [9.17, 15) is 18.8 Å². The lowest BCUT2D eigenvalue weighted by atomic mass is 10.1. The van der Waals surface area contributed by atoms with Crippen LogP contribution >= 0.6 is 35.0 Å². The van der Waals surface area contributed by atoms with E-state index in [1.807, 2.05) is 31.2 Å². The molecule has 4 rings (SSSR count). The molecule has 0 radical (unpaired) electrons. The van der Waals surface area contributed by atoms with Crippen molar-refractivity contribution in [2.24, 2.45) is 0 Å². The number of nitrogens with zero attached hydrogens (tertiary/aromatic N) is 1. The van der Waals surface area contributed by atoms with Gasteiger partial charge in [-0.05, 0) is 72.3 Å². The summed E-state index contributed by atoms with van der Waals surface area (Å²) in [4.78, 5) is 38.4. The van der Waals surface area contributed by atoms with Crippen LogP contribution in [0.15, 0.2) is 65.6 Å². The predicted molar refractivity (Wildman–Crippen MR) is 140 cm³/mol. The number of hydrogen-bond donors (Lipinski definition) is 1. The van der Waals surface area contributed by atoms with Gasteiger partial charge in [-0.1, -0.05) is 53.0 Å². The number of halogens is 3. The maximum Gasteiger partial charge on any atom is 0.294 e. The molecule has 0 saturated carbocycles. The Balaban J connectivity index is 1.43. The first-order valence-electron chi connectivity index (χ1n) is 10.7. The highest BCUT2D eigenvalue weighted by Crippen LogP contribution is 2.37. The van der Waals surface area contributed by atoms with E-state index in [-0.39, 0.29) is 21.6 Å². The average Bonchev–Trinajstić information content (AvgIpc) is 3.08. The number of ether oxygens (including phenoxy) is 1. The lowest BCUT2D eigenvalue weighted by Crippen LogP contribution is -2.36. The minimum atomic E-state index is -0.619. The maximum absolute atomic E-state index is 13.0. The molecule has 0 aromatic heterocycles. The van der Waals surface area contributed by atoms with Crippen molar-refractivity contribution in [3.63, 3.8) is 0 Å². The Morgan fingerprint density at radius 3 is 2.33 bits per heavy atom. The molecule has 0 bridgehead atoms. The van der Waals surface area contributed by atoms with Crippen molar-refractivity contribution >= 4 is 63.8 Å². The summed E-state index contributed by atoms with van der Waals surface area (Å²) in [5.41, 5.74) is 2.93. The van der Waals surface area contributed by atoms with E-state index in [2.05, 4.69) is 5.32 Å². The molecular formula is C26H19Cl2FN2O4S. The zero-order chi connectivity index (χ0) is 25.8. The Kier molecular flexibility index (Phi) is 7.98. The molecule has 10 heteroatoms. The number of carbonyl (C=O) groups excluding carboxylic acids is 3. The third kappa shape index (κ3) is 6.26. The quantitative estimate of drug-likeness (QED) is 0.335. The minimum Gasteiger partial charge on any atom is -0.486 e. The van der Waals surface area contributed by atoms with Gasteiger partial charge in [0.2, 0.25) is 5.91 Å². The van der Waals surface area contributed by atoms with Crippen LogP contribution < -0.4 is 10.1 Å². The van der Waals surface area contributed by atoms with E-state index in [4.69, 9.17) is 27.9 Å². The molecule has 1 heterocycles. The van der Waals surface area contributed by atoms with Crippen molar-refractivity contribution in [1.29, 1.82) is 0 Å². The molecule has 3 aromatic carbocycles. The summed E-state index contributed by atoms with van der Waals surface area (Å²) in [5, 5.41) is 2.43. The third-order valence-corrected chi connectivity index (χ3v) is 6.59. The van der Waals surface area contributed by atoms with Gasteiger partial charge in [0.1, 0.15) is 19.0 Å². The Labute approximate surface area is 221 Å². The fourth-order valence-electron chi connectivity index (χ4n) is 3.31. The van der Waals surface area contributed by atoms with Crippen LogP contribution in [0.3, 0.4) is 0 Å². The highest BCUT2D eigenvalue weighted by atomic mass is 35.5. The van der Waals surface area contributed by atoms with E-state index in [0.717, 1.165) is 16.0 Å². The first-order valence-corrected chi connectivity index (χ1v) is 12.2. The molecular weight excluding hydrogens is 526 g/mol. The number of carbonyl (C=O) groups is 3. The summed E-state index contributed by atoms with van der Waals surface area (Å²) in [7, 11) is 0. The van der Waals surface area contributed by atoms with E-state index in [0.29, 0.717) is 28.8 Å². The van der Waals surface area contributed by atoms with Crippen molar-refractivity contribution < 1.29 is 23.5 Å². The molecule has 1 aliphatic heterocycles. The van der Waals surface area contributed by atoms with Gasteiger partial charge in [0.05, 0.1) is 15.0 Å². The molecule has 0 aliphatic carbocycles. The van der Waals surface area contributed by atoms with Crippen LogP contribution in [0, 0.1) is 12.7 Å². The number of amides is 3. The molecule has 3 amide bonds. The zero-order valence-electron chi connectivity index (χ0n) is 18.9. The fourth-order valence-corrected chi connectivity index (χ4v) is 4.76. The van der Waals surface area contributed by atoms with Gasteiger partial charge in [0.25, 0.3) is 11.1 Å². The van der Waals surface area contributed by atoms with Crippen LogP contribution in [0.5, 0.6) is 5.75 Å². The summed E-state index contributed by atoms with van der Waals surface area (Å²) >= 11 is 13.5. The Morgan fingerprint density at radius 1 is 1.06 bits per heavy atom. The second kappa shape index (κ2) is 11.2. The number of nitrogens with one attached hydrogen (secondary N) is 1. The molecule has 1 fully saturated rings. The van der Waals surface area contributed by atoms with E-state index >= 15 is 0 Å². The van der Waals surface area contributed by atoms with Crippen LogP contribution in [0.4, 0.5) is 14.9 Å². The summed E-state index contributed by atoms with van der Waals surface area (Å²) in [6.45, 7) is 1.79. The van der Waals surface area contributed by atoms with E-state index in [1.54, 1.807) is 12.1 Å². The number of benzene rings is 3. The van der Waals surface area contributed by atoms with E-state index < -0.39 is 29.4 Å². The van der Waals surface area contributed by atoms with Crippen LogP contribution in [-0.2, 0) is 16.2 Å². The maximum atomic E-state index is 13.0. The molecule has 1 N–H and O–H groups in total. The van der Waals surface area contributed by atoms with Gasteiger partial charge in [0, 0.05) is 5.69 Å². The third-order valence-electron chi connectivity index (χ3n) is 5.13. The van der Waals surface area contributed by atoms with Gasteiger partial charge in [-0.2, -0.15) is 0 Å². The SMILES string of the molecule is Cc1ccc(COc2c(Cl)cc(/C=C3\SC(=O)N(CC(=O)Nc4ccc(F)cc4)C3=O)cc2Cl)cc1. The highest BCUT2D eigenvalue weighted by molar-refractivity contribution is 8.18. The van der Waals surface area contributed by atoms with Gasteiger partial charge in [0.15, 0.2) is 5.75 Å². The molecule has 1 saturated heterocycles. The van der Waals surface area contributed by atoms with Crippen LogP contribution in [0.2, 0.25) is 10.0 Å². The molecule has 1 aliphatic rings. The van der Waals surface area contributed by atoms with Gasteiger partial charge in [-0.3, -0.25) is 19.3 Å². The highest BCUT2D eigenvalue weighted by Gasteiger charge is 2.36. The Bertz CT molecular complexity index is 1340. The van der Waals surface area contributed by atoms with Crippen molar-refractivity contribution in [3.8, 4) is 5.75 Å². The first kappa shape index (κ1) is 25.8. The summed E-state index contributed by atoms with van der Waals surface area (Å²) < 4.78 is 18.8. The first-order chi connectivity index (χ1) is 17.2. The summed E-state index contributed by atoms with van der Waals surface area (Å²) in [5.74, 6) is -1.35. The van der Waals surface area contributed by atoms with Gasteiger partial charge < -0.3 is 10.1 Å². The fraction of sp³-hybridized carbons (Fsp3) is 0.115. The summed E-state index contributed by atoms with van der Waals surface area (Å²) in [6.07, 6.45) is 1.48. The number of imide groups is 1. The van der Waals surface area contributed by atoms with Gasteiger partial charge in [-0.25, -0.2) is 4.39 Å². The van der Waals surface area contributed by atoms with E-state index in [1.165, 1.54) is 30.3 Å². The van der Waals surface area contributed by atoms with Crippen LogP contribution in [0.1, 0.15) is 16.7 Å². The normalized spacial score (nSPS) is 14.4. The molecule has 6 nitrogen and oxygen atoms in total. The van der Waals surface area contributed by atoms with Crippen molar-refractivity contribution in [2.45, 2.75) is 13.5 Å². The second-order valence-corrected chi connectivity index (χ2v) is 9.72. The lowest BCUT2D eigenvalue weighted by molar-refractivity contribution is -0.127. The molecule has 0 atom stereocenters. The van der Waals surface area contributed by atoms with Crippen LogP contribution in [0.25, 0.3) is 6.08 Å². The monoisotopic (exact) mass is 544 g/mol. The topological polar surface area (TPSA) is 75.7 Å². The Hall–Kier alpha value is -3.33. The second-order valence-electron chi connectivity index (χ2n) is 7.91. The van der Waals surface area contributed by atoms with Gasteiger partial charge in [-0.15, -0.1) is 0 Å². The standard InChI is InChI=1S/C26H19Cl2FN2O4S/c1-15-2-4-16(5-3-15)14-35-24-20(27)10-17(11-21(24)28)12-22-25(33)31(26(34)36-22)13-23(32)30-19-8-6-18(29)7-9-19/h2-12H,13-14H2,1H3,(H,30,32)/b22-12-. The zero-order valence-corrected chi connectivity index (χ0v) is 21.2. The lowest BCUT2D eigenvalue weighted by Gasteiger charge is -2.12. The smallest absolute Gasteiger partial charge is 0.294 e. The van der Waals surface area contributed by atoms with Crippen LogP contribution in [-0.4, -0.2) is 28.5 Å². The number of hydrogen-bond acceptors (Lipinski definition) is 5. The predicted octanol–water partition coefficient (Wildman–Crippen LogP) is 6.69. The number of aryl methyl sites for hydroxylation is 1. The molecule has 36 heavy (non-hydrogen) atoms. The number of rotatable bonds is 7. The largest absolute Gasteiger partial charge is 0.486 e. The minimum absolute atomic E-state index is 0.120. The Morgan fingerprint density at radius 2 is 1.69 bits per heavy atom. The van der Waals surface area contributed by atoms with Crippen molar-refractivity contribution in [1.82, 2.24) is 4.90 Å². The summed E-state index contributed by atoms with van der Waals surface area (Å²) in [6, 6.07) is 16.1. The number of anilines is 1.